The maximum absolute atomic E-state index is 11.9. The lowest BCUT2D eigenvalue weighted by Gasteiger charge is -2.40. The highest BCUT2D eigenvalue weighted by atomic mass is 32.2. The molecule has 2 rings (SSSR count). The van der Waals surface area contributed by atoms with E-state index in [1.54, 1.807) is 0 Å². The average molecular weight is 309 g/mol. The lowest BCUT2D eigenvalue weighted by Crippen LogP contribution is -2.45. The Morgan fingerprint density at radius 2 is 1.86 bits per heavy atom. The Morgan fingerprint density at radius 3 is 2.43 bits per heavy atom. The van der Waals surface area contributed by atoms with Crippen LogP contribution in [0, 0.1) is 19.8 Å². The van der Waals surface area contributed by atoms with Crippen LogP contribution in [0.2, 0.25) is 0 Å². The van der Waals surface area contributed by atoms with Crippen LogP contribution in [-0.2, 0) is 15.4 Å². The van der Waals surface area contributed by atoms with Gasteiger partial charge >= 0.3 is 0 Å². The molecule has 118 valence electrons. The first-order valence-electron chi connectivity index (χ1n) is 7.68. The molecule has 1 aromatic carbocycles. The van der Waals surface area contributed by atoms with Gasteiger partial charge in [0.2, 0.25) is 0 Å². The Balaban J connectivity index is 2.28. The van der Waals surface area contributed by atoms with Crippen LogP contribution in [0.25, 0.3) is 0 Å². The fourth-order valence-corrected chi connectivity index (χ4v) is 4.57. The van der Waals surface area contributed by atoms with Gasteiger partial charge in [-0.15, -0.1) is 0 Å². The number of benzene rings is 1. The van der Waals surface area contributed by atoms with Crippen molar-refractivity contribution in [3.8, 4) is 0 Å². The Bertz CT molecular complexity index is 620. The summed E-state index contributed by atoms with van der Waals surface area (Å²) in [7, 11) is -2.97. The first kappa shape index (κ1) is 16.5. The Morgan fingerprint density at radius 1 is 1.19 bits per heavy atom. The minimum absolute atomic E-state index is 0.216. The maximum Gasteiger partial charge on any atom is 0.150 e. The van der Waals surface area contributed by atoms with Gasteiger partial charge in [-0.3, -0.25) is 0 Å². The normalized spacial score (nSPS) is 26.3. The molecular weight excluding hydrogens is 282 g/mol. The predicted octanol–water partition coefficient (Wildman–Crippen LogP) is 3.08. The van der Waals surface area contributed by atoms with Crippen LogP contribution in [0.3, 0.4) is 0 Å². The monoisotopic (exact) mass is 309 g/mol. The van der Waals surface area contributed by atoms with E-state index in [0.29, 0.717) is 6.42 Å². The number of aryl methyl sites for hydroxylation is 2. The molecule has 3 unspecified atom stereocenters. The molecule has 3 atom stereocenters. The summed E-state index contributed by atoms with van der Waals surface area (Å²) in [4.78, 5) is 0. The maximum atomic E-state index is 11.9. The molecule has 1 aliphatic rings. The van der Waals surface area contributed by atoms with E-state index in [2.05, 4.69) is 32.0 Å². The third-order valence-corrected chi connectivity index (χ3v) is 6.85. The molecule has 0 radical (unpaired) electrons. The second-order valence-electron chi connectivity index (χ2n) is 6.90. The van der Waals surface area contributed by atoms with Gasteiger partial charge in [-0.1, -0.05) is 24.6 Å². The first-order chi connectivity index (χ1) is 9.62. The fourth-order valence-electron chi connectivity index (χ4n) is 3.39. The van der Waals surface area contributed by atoms with Crippen molar-refractivity contribution in [2.24, 2.45) is 11.7 Å². The van der Waals surface area contributed by atoms with Crippen LogP contribution >= 0.6 is 0 Å². The van der Waals surface area contributed by atoms with Crippen molar-refractivity contribution in [2.45, 2.75) is 57.2 Å². The van der Waals surface area contributed by atoms with Crippen LogP contribution in [0.5, 0.6) is 0 Å². The molecule has 21 heavy (non-hydrogen) atoms. The highest BCUT2D eigenvalue weighted by Gasteiger charge is 2.38. The zero-order valence-corrected chi connectivity index (χ0v) is 14.3. The Labute approximate surface area is 128 Å². The molecule has 1 aromatic rings. The Kier molecular flexibility index (Phi) is 4.50. The van der Waals surface area contributed by atoms with Gasteiger partial charge in [0.05, 0.1) is 5.25 Å². The van der Waals surface area contributed by atoms with E-state index >= 15 is 0 Å². The molecule has 4 heteroatoms. The minimum atomic E-state index is -2.97. The van der Waals surface area contributed by atoms with Crippen molar-refractivity contribution in [1.29, 1.82) is 0 Å². The van der Waals surface area contributed by atoms with Crippen molar-refractivity contribution >= 4 is 9.84 Å². The van der Waals surface area contributed by atoms with Gasteiger partial charge in [0.15, 0.2) is 0 Å². The molecule has 0 amide bonds. The summed E-state index contributed by atoms with van der Waals surface area (Å²) in [5.41, 5.74) is 9.78. The largest absolute Gasteiger partial charge is 0.321 e. The van der Waals surface area contributed by atoms with E-state index in [9.17, 15) is 8.42 Å². The SMILES string of the molecule is Cc1ccc(C(C)(N)C2CCCC(S(C)(=O)=O)C2)cc1C. The quantitative estimate of drug-likeness (QED) is 0.933. The third-order valence-electron chi connectivity index (χ3n) is 5.21. The van der Waals surface area contributed by atoms with Crippen molar-refractivity contribution in [1.82, 2.24) is 0 Å². The van der Waals surface area contributed by atoms with E-state index in [0.717, 1.165) is 24.8 Å². The van der Waals surface area contributed by atoms with Crippen LogP contribution < -0.4 is 5.73 Å². The molecule has 1 aliphatic carbocycles. The zero-order valence-electron chi connectivity index (χ0n) is 13.5. The van der Waals surface area contributed by atoms with Gasteiger partial charge in [0.25, 0.3) is 0 Å². The number of hydrogen-bond donors (Lipinski definition) is 1. The second kappa shape index (κ2) is 5.73. The van der Waals surface area contributed by atoms with Crippen LogP contribution in [0.15, 0.2) is 18.2 Å². The van der Waals surface area contributed by atoms with Crippen molar-refractivity contribution in [2.75, 3.05) is 6.26 Å². The number of sulfone groups is 1. The molecule has 0 aliphatic heterocycles. The Hall–Kier alpha value is -0.870. The van der Waals surface area contributed by atoms with Crippen LogP contribution in [-0.4, -0.2) is 19.9 Å². The van der Waals surface area contributed by atoms with Crippen molar-refractivity contribution in [3.63, 3.8) is 0 Å². The number of nitrogens with two attached hydrogens (primary N) is 1. The topological polar surface area (TPSA) is 60.2 Å². The molecule has 3 nitrogen and oxygen atoms in total. The third kappa shape index (κ3) is 3.49. The summed E-state index contributed by atoms with van der Waals surface area (Å²) in [6, 6.07) is 6.35. The van der Waals surface area contributed by atoms with E-state index in [1.165, 1.54) is 17.4 Å². The van der Waals surface area contributed by atoms with Crippen molar-refractivity contribution < 1.29 is 8.42 Å². The van der Waals surface area contributed by atoms with Crippen molar-refractivity contribution in [3.05, 3.63) is 34.9 Å². The zero-order chi connectivity index (χ0) is 15.8. The molecule has 0 aromatic heterocycles. The predicted molar refractivity (Wildman–Crippen MR) is 88.0 cm³/mol. The molecule has 0 heterocycles. The van der Waals surface area contributed by atoms with Gasteiger partial charge in [-0.2, -0.15) is 0 Å². The average Bonchev–Trinajstić information content (AvgIpc) is 2.41. The fraction of sp³-hybridized carbons (Fsp3) is 0.647. The summed E-state index contributed by atoms with van der Waals surface area (Å²) in [6.45, 7) is 6.23. The molecular formula is C17H27NO2S. The summed E-state index contributed by atoms with van der Waals surface area (Å²) < 4.78 is 23.7. The standard InChI is InChI=1S/C17H27NO2S/c1-12-8-9-15(10-13(12)2)17(3,18)14-6-5-7-16(11-14)21(4,19)20/h8-10,14,16H,5-7,11,18H2,1-4H3. The van der Waals surface area contributed by atoms with E-state index in [4.69, 9.17) is 5.73 Å². The van der Waals surface area contributed by atoms with Gasteiger partial charge < -0.3 is 5.73 Å². The van der Waals surface area contributed by atoms with E-state index < -0.39 is 15.4 Å². The molecule has 1 saturated carbocycles. The highest BCUT2D eigenvalue weighted by molar-refractivity contribution is 7.91. The summed E-state index contributed by atoms with van der Waals surface area (Å²) in [5.74, 6) is 0.216. The molecule has 0 spiro atoms. The summed E-state index contributed by atoms with van der Waals surface area (Å²) in [6.07, 6.45) is 4.76. The van der Waals surface area contributed by atoms with Gasteiger partial charge in [0.1, 0.15) is 9.84 Å². The van der Waals surface area contributed by atoms with Crippen LogP contribution in [0.1, 0.15) is 49.3 Å². The molecule has 2 N–H and O–H groups in total. The lowest BCUT2D eigenvalue weighted by molar-refractivity contribution is 0.225. The first-order valence-corrected chi connectivity index (χ1v) is 9.63. The molecule has 0 saturated heterocycles. The number of rotatable bonds is 3. The number of hydrogen-bond acceptors (Lipinski definition) is 3. The van der Waals surface area contributed by atoms with Gasteiger partial charge in [0, 0.05) is 11.8 Å². The van der Waals surface area contributed by atoms with E-state index in [-0.39, 0.29) is 11.2 Å². The van der Waals surface area contributed by atoms with Crippen LogP contribution in [0.4, 0.5) is 0 Å². The second-order valence-corrected chi connectivity index (χ2v) is 9.22. The van der Waals surface area contributed by atoms with Gasteiger partial charge in [-0.05, 0) is 62.6 Å². The minimum Gasteiger partial charge on any atom is -0.321 e. The summed E-state index contributed by atoms with van der Waals surface area (Å²) >= 11 is 0. The molecule has 1 fully saturated rings. The smallest absolute Gasteiger partial charge is 0.150 e. The summed E-state index contributed by atoms with van der Waals surface area (Å²) in [5, 5.41) is -0.231. The lowest BCUT2D eigenvalue weighted by atomic mass is 9.72. The van der Waals surface area contributed by atoms with Gasteiger partial charge in [-0.25, -0.2) is 8.42 Å². The molecule has 0 bridgehead atoms. The highest BCUT2D eigenvalue weighted by Crippen LogP contribution is 2.39. The van der Waals surface area contributed by atoms with E-state index in [1.807, 2.05) is 6.92 Å².